The van der Waals surface area contributed by atoms with E-state index in [1.54, 1.807) is 0 Å². The van der Waals surface area contributed by atoms with Crippen LogP contribution >= 0.6 is 0 Å². The molecular weight excluding hydrogens is 150 g/mol. The monoisotopic (exact) mass is 171 g/mol. The number of hydrogen-bond donors (Lipinski definition) is 1. The van der Waals surface area contributed by atoms with E-state index < -0.39 is 0 Å². The molecule has 1 atom stereocenters. The molecule has 72 valence electrons. The zero-order valence-corrected chi connectivity index (χ0v) is 8.62. The van der Waals surface area contributed by atoms with Crippen LogP contribution in [0.5, 0.6) is 0 Å². The molecule has 2 heteroatoms. The van der Waals surface area contributed by atoms with Crippen molar-refractivity contribution in [1.82, 2.24) is 4.90 Å². The lowest BCUT2D eigenvalue weighted by atomic mass is 10.1. The number of hydrogen-bond acceptors (Lipinski definition) is 2. The van der Waals surface area contributed by atoms with Gasteiger partial charge in [-0.3, -0.25) is 0 Å². The minimum Gasteiger partial charge on any atom is -0.389 e. The Hall–Kier alpha value is -0.340. The van der Waals surface area contributed by atoms with E-state index in [0.717, 1.165) is 13.0 Å². The smallest absolute Gasteiger partial charge is 0.0743 e. The van der Waals surface area contributed by atoms with Gasteiger partial charge in [0.2, 0.25) is 0 Å². The van der Waals surface area contributed by atoms with Gasteiger partial charge in [0.1, 0.15) is 0 Å². The minimum absolute atomic E-state index is 0.285. The molecule has 0 fully saturated rings. The minimum atomic E-state index is -0.285. The van der Waals surface area contributed by atoms with Gasteiger partial charge in [-0.1, -0.05) is 26.0 Å². The van der Waals surface area contributed by atoms with Crippen LogP contribution in [0.3, 0.4) is 0 Å². The predicted octanol–water partition coefficient (Wildman–Crippen LogP) is 1.51. The second-order valence-electron chi connectivity index (χ2n) is 3.75. The average Bonchev–Trinajstić information content (AvgIpc) is 1.97. The van der Waals surface area contributed by atoms with Gasteiger partial charge < -0.3 is 10.0 Å². The van der Waals surface area contributed by atoms with Gasteiger partial charge in [0.25, 0.3) is 0 Å². The van der Waals surface area contributed by atoms with Crippen LogP contribution in [0.4, 0.5) is 0 Å². The summed E-state index contributed by atoms with van der Waals surface area (Å²) < 4.78 is 0. The maximum atomic E-state index is 9.39. The van der Waals surface area contributed by atoms with Crippen molar-refractivity contribution in [2.24, 2.45) is 5.92 Å². The Morgan fingerprint density at radius 3 is 2.33 bits per heavy atom. The fraction of sp³-hybridized carbons (Fsp3) is 0.800. The molecule has 0 amide bonds. The Morgan fingerprint density at radius 1 is 1.33 bits per heavy atom. The van der Waals surface area contributed by atoms with Crippen molar-refractivity contribution in [2.45, 2.75) is 26.4 Å². The summed E-state index contributed by atoms with van der Waals surface area (Å²) in [5.74, 6) is 0.320. The second-order valence-corrected chi connectivity index (χ2v) is 3.75. The molecular formula is C10H21NO. The third-order valence-electron chi connectivity index (χ3n) is 1.76. The van der Waals surface area contributed by atoms with Crippen LogP contribution in [0, 0.1) is 5.92 Å². The van der Waals surface area contributed by atoms with Gasteiger partial charge in [-0.05, 0) is 26.4 Å². The molecule has 0 bridgehead atoms. The normalized spacial score (nSPS) is 14.9. The molecule has 0 saturated heterocycles. The van der Waals surface area contributed by atoms with Crippen LogP contribution in [0.2, 0.25) is 0 Å². The fourth-order valence-electron chi connectivity index (χ4n) is 0.791. The van der Waals surface area contributed by atoms with Gasteiger partial charge in [0, 0.05) is 6.54 Å². The second kappa shape index (κ2) is 6.21. The van der Waals surface area contributed by atoms with Crippen molar-refractivity contribution in [1.29, 1.82) is 0 Å². The Labute approximate surface area is 75.9 Å². The van der Waals surface area contributed by atoms with E-state index >= 15 is 0 Å². The number of nitrogens with zero attached hydrogens (tertiary/aromatic N) is 1. The molecule has 0 radical (unpaired) electrons. The molecule has 1 unspecified atom stereocenters. The van der Waals surface area contributed by atoms with Crippen LogP contribution in [-0.2, 0) is 0 Å². The summed E-state index contributed by atoms with van der Waals surface area (Å²) >= 11 is 0. The predicted molar refractivity (Wildman–Crippen MR) is 53.2 cm³/mol. The highest BCUT2D eigenvalue weighted by Gasteiger charge is 2.02. The molecule has 0 aliphatic carbocycles. The van der Waals surface area contributed by atoms with Crippen molar-refractivity contribution in [3.63, 3.8) is 0 Å². The van der Waals surface area contributed by atoms with Crippen molar-refractivity contribution in [2.75, 3.05) is 20.6 Å². The van der Waals surface area contributed by atoms with E-state index in [0.29, 0.717) is 5.92 Å². The van der Waals surface area contributed by atoms with Crippen LogP contribution < -0.4 is 0 Å². The molecule has 0 spiro atoms. The highest BCUT2D eigenvalue weighted by atomic mass is 16.3. The first-order valence-corrected chi connectivity index (χ1v) is 4.53. The van der Waals surface area contributed by atoms with E-state index in [9.17, 15) is 5.11 Å². The third kappa shape index (κ3) is 6.38. The Morgan fingerprint density at radius 2 is 1.92 bits per heavy atom. The van der Waals surface area contributed by atoms with Gasteiger partial charge in [-0.25, -0.2) is 0 Å². The van der Waals surface area contributed by atoms with E-state index in [1.165, 1.54) is 0 Å². The lowest BCUT2D eigenvalue weighted by Crippen LogP contribution is -2.13. The van der Waals surface area contributed by atoms with Gasteiger partial charge >= 0.3 is 0 Å². The SMILES string of the molecule is CC(C)C(O)/C=C/CCN(C)C. The number of rotatable bonds is 5. The molecule has 0 rings (SSSR count). The van der Waals surface area contributed by atoms with Crippen LogP contribution in [0.25, 0.3) is 0 Å². The summed E-state index contributed by atoms with van der Waals surface area (Å²) in [4.78, 5) is 2.13. The summed E-state index contributed by atoms with van der Waals surface area (Å²) in [7, 11) is 4.10. The average molecular weight is 171 g/mol. The summed E-state index contributed by atoms with van der Waals surface area (Å²) in [6, 6.07) is 0. The molecule has 2 nitrogen and oxygen atoms in total. The number of aliphatic hydroxyl groups excluding tert-OH is 1. The van der Waals surface area contributed by atoms with Crippen molar-refractivity contribution in [3.8, 4) is 0 Å². The lowest BCUT2D eigenvalue weighted by molar-refractivity contribution is 0.172. The first-order chi connectivity index (χ1) is 5.54. The topological polar surface area (TPSA) is 23.5 Å². The first-order valence-electron chi connectivity index (χ1n) is 4.53. The molecule has 0 aromatic rings. The molecule has 0 aliphatic heterocycles. The van der Waals surface area contributed by atoms with Gasteiger partial charge in [0.05, 0.1) is 6.10 Å². The maximum absolute atomic E-state index is 9.39. The third-order valence-corrected chi connectivity index (χ3v) is 1.76. The molecule has 0 saturated carbocycles. The summed E-state index contributed by atoms with van der Waals surface area (Å²) in [6.45, 7) is 5.07. The molecule has 1 N–H and O–H groups in total. The molecule has 12 heavy (non-hydrogen) atoms. The van der Waals surface area contributed by atoms with Gasteiger partial charge in [0.15, 0.2) is 0 Å². The highest BCUT2D eigenvalue weighted by Crippen LogP contribution is 2.02. The summed E-state index contributed by atoms with van der Waals surface area (Å²) in [6.07, 6.45) is 4.66. The van der Waals surface area contributed by atoms with E-state index in [4.69, 9.17) is 0 Å². The fourth-order valence-corrected chi connectivity index (χ4v) is 0.791. The molecule has 0 aliphatic rings. The number of aliphatic hydroxyl groups is 1. The summed E-state index contributed by atoms with van der Waals surface area (Å²) in [5.41, 5.74) is 0. The van der Waals surface area contributed by atoms with E-state index in [2.05, 4.69) is 4.90 Å². The van der Waals surface area contributed by atoms with E-state index in [1.807, 2.05) is 40.1 Å². The quantitative estimate of drug-likeness (QED) is 0.634. The van der Waals surface area contributed by atoms with Crippen molar-refractivity contribution < 1.29 is 5.11 Å². The summed E-state index contributed by atoms with van der Waals surface area (Å²) in [5, 5.41) is 9.39. The van der Waals surface area contributed by atoms with Crippen LogP contribution in [-0.4, -0.2) is 36.8 Å². The van der Waals surface area contributed by atoms with Gasteiger partial charge in [-0.15, -0.1) is 0 Å². The molecule has 0 heterocycles. The zero-order valence-electron chi connectivity index (χ0n) is 8.62. The Balaban J connectivity index is 3.48. The highest BCUT2D eigenvalue weighted by molar-refractivity contribution is 4.90. The zero-order chi connectivity index (χ0) is 9.56. The van der Waals surface area contributed by atoms with Gasteiger partial charge in [-0.2, -0.15) is 0 Å². The Bertz CT molecular complexity index is 130. The van der Waals surface area contributed by atoms with Crippen LogP contribution in [0.1, 0.15) is 20.3 Å². The molecule has 0 aromatic carbocycles. The molecule has 0 aromatic heterocycles. The van der Waals surface area contributed by atoms with Crippen molar-refractivity contribution in [3.05, 3.63) is 12.2 Å². The van der Waals surface area contributed by atoms with Crippen LogP contribution in [0.15, 0.2) is 12.2 Å². The Kier molecular flexibility index (Phi) is 6.03. The maximum Gasteiger partial charge on any atom is 0.0743 e. The first kappa shape index (κ1) is 11.7. The van der Waals surface area contributed by atoms with Crippen molar-refractivity contribution >= 4 is 0 Å². The largest absolute Gasteiger partial charge is 0.389 e. The van der Waals surface area contributed by atoms with E-state index in [-0.39, 0.29) is 6.10 Å². The standard InChI is InChI=1S/C10H21NO/c1-9(2)10(12)7-5-6-8-11(3)4/h5,7,9-10,12H,6,8H2,1-4H3/b7-5+. The lowest BCUT2D eigenvalue weighted by Gasteiger charge is -2.09.